The highest BCUT2D eigenvalue weighted by Crippen LogP contribution is 2.17. The molecule has 2 unspecified atom stereocenters. The van der Waals surface area contributed by atoms with Gasteiger partial charge in [0.15, 0.2) is 0 Å². The molecular weight excluding hydrogens is 276 g/mol. The van der Waals surface area contributed by atoms with E-state index in [1.165, 1.54) is 0 Å². The summed E-state index contributed by atoms with van der Waals surface area (Å²) in [6.45, 7) is 4.01. The molecule has 0 aliphatic rings. The molecule has 4 heteroatoms. The average Bonchev–Trinajstić information content (AvgIpc) is 2.54. The topological polar surface area (TPSA) is 64.4 Å². The van der Waals surface area contributed by atoms with E-state index in [0.29, 0.717) is 6.54 Å². The van der Waals surface area contributed by atoms with Crippen molar-refractivity contribution in [1.82, 2.24) is 5.32 Å². The molecule has 116 valence electrons. The van der Waals surface area contributed by atoms with Crippen LogP contribution in [0.25, 0.3) is 0 Å². The third-order valence-electron chi connectivity index (χ3n) is 3.48. The van der Waals surface area contributed by atoms with Crippen LogP contribution in [0.1, 0.15) is 19.4 Å². The lowest BCUT2D eigenvalue weighted by molar-refractivity contribution is -0.126. The van der Waals surface area contributed by atoms with Gasteiger partial charge in [-0.3, -0.25) is 4.79 Å². The number of hydrogen-bond donors (Lipinski definition) is 2. The lowest BCUT2D eigenvalue weighted by Gasteiger charge is -2.25. The van der Waals surface area contributed by atoms with Crippen LogP contribution >= 0.6 is 0 Å². The first-order valence-corrected chi connectivity index (χ1v) is 7.34. The van der Waals surface area contributed by atoms with Crippen molar-refractivity contribution in [2.75, 3.05) is 6.54 Å². The second-order valence-electron chi connectivity index (χ2n) is 5.52. The van der Waals surface area contributed by atoms with Crippen molar-refractivity contribution >= 4 is 5.91 Å². The Morgan fingerprint density at radius 1 is 1.14 bits per heavy atom. The number of nitrogens with one attached hydrogen (secondary N) is 1. The number of para-hydroxylation sites is 1. The molecule has 0 fully saturated rings. The zero-order valence-corrected chi connectivity index (χ0v) is 13.0. The number of carbonyl (C=O) groups excluding carboxylic acids is 1. The molecule has 2 aromatic carbocycles. The van der Waals surface area contributed by atoms with Gasteiger partial charge in [0.1, 0.15) is 17.4 Å². The zero-order chi connectivity index (χ0) is 16.0. The van der Waals surface area contributed by atoms with Gasteiger partial charge in [0, 0.05) is 0 Å². The van der Waals surface area contributed by atoms with Crippen molar-refractivity contribution < 1.29 is 9.53 Å². The lowest BCUT2D eigenvalue weighted by atomic mass is 9.92. The monoisotopic (exact) mass is 298 g/mol. The molecule has 0 aliphatic carbocycles. The fourth-order valence-corrected chi connectivity index (χ4v) is 2.11. The first kappa shape index (κ1) is 16.0. The second kappa shape index (κ2) is 7.09. The molecule has 0 saturated carbocycles. The van der Waals surface area contributed by atoms with Crippen molar-refractivity contribution in [2.45, 2.75) is 25.5 Å². The Morgan fingerprint density at radius 2 is 1.68 bits per heavy atom. The van der Waals surface area contributed by atoms with Crippen LogP contribution in [0.4, 0.5) is 0 Å². The number of benzene rings is 2. The predicted molar refractivity (Wildman–Crippen MR) is 87.5 cm³/mol. The molecule has 2 rings (SSSR count). The molecule has 3 N–H and O–H groups in total. The maximum absolute atomic E-state index is 12.3. The summed E-state index contributed by atoms with van der Waals surface area (Å²) in [6.07, 6.45) is -0.141. The molecule has 4 nitrogen and oxygen atoms in total. The van der Waals surface area contributed by atoms with Gasteiger partial charge in [-0.2, -0.15) is 0 Å². The van der Waals surface area contributed by atoms with Gasteiger partial charge in [-0.1, -0.05) is 48.5 Å². The van der Waals surface area contributed by atoms with Gasteiger partial charge < -0.3 is 15.8 Å². The molecule has 22 heavy (non-hydrogen) atoms. The molecule has 0 bridgehead atoms. The van der Waals surface area contributed by atoms with Gasteiger partial charge in [-0.25, -0.2) is 0 Å². The first-order valence-electron chi connectivity index (χ1n) is 7.34. The van der Waals surface area contributed by atoms with Gasteiger partial charge in [0.25, 0.3) is 0 Å². The molecule has 0 aliphatic heterocycles. The lowest BCUT2D eigenvalue weighted by Crippen LogP contribution is -2.50. The normalized spacial score (nSPS) is 14.7. The number of ether oxygens (including phenoxy) is 1. The van der Waals surface area contributed by atoms with E-state index in [1.807, 2.05) is 67.6 Å². The third-order valence-corrected chi connectivity index (χ3v) is 3.48. The quantitative estimate of drug-likeness (QED) is 0.861. The number of carbonyl (C=O) groups is 1. The minimum absolute atomic E-state index is 0.141. The summed E-state index contributed by atoms with van der Waals surface area (Å²) in [5, 5.41) is 2.85. The van der Waals surface area contributed by atoms with E-state index in [9.17, 15) is 4.79 Å². The Balaban J connectivity index is 1.89. The van der Waals surface area contributed by atoms with Crippen LogP contribution in [-0.2, 0) is 10.3 Å². The molecule has 0 heterocycles. The maximum atomic E-state index is 12.3. The van der Waals surface area contributed by atoms with Crippen molar-refractivity contribution in [3.05, 3.63) is 66.2 Å². The Bertz CT molecular complexity index is 597. The summed E-state index contributed by atoms with van der Waals surface area (Å²) in [5.41, 5.74) is 5.89. The van der Waals surface area contributed by atoms with E-state index in [2.05, 4.69) is 5.32 Å². The molecule has 0 saturated heterocycles. The van der Waals surface area contributed by atoms with E-state index in [1.54, 1.807) is 6.92 Å². The molecule has 2 aromatic rings. The highest BCUT2D eigenvalue weighted by Gasteiger charge is 2.30. The van der Waals surface area contributed by atoms with Crippen LogP contribution in [0.2, 0.25) is 0 Å². The summed E-state index contributed by atoms with van der Waals surface area (Å²) < 4.78 is 5.73. The van der Waals surface area contributed by atoms with E-state index in [-0.39, 0.29) is 12.0 Å². The fourth-order valence-electron chi connectivity index (χ4n) is 2.11. The van der Waals surface area contributed by atoms with Crippen molar-refractivity contribution in [3.8, 4) is 5.75 Å². The number of rotatable bonds is 6. The summed E-state index contributed by atoms with van der Waals surface area (Å²) in [4.78, 5) is 12.3. The Hall–Kier alpha value is -2.33. The first-order chi connectivity index (χ1) is 10.5. The van der Waals surface area contributed by atoms with E-state index < -0.39 is 5.54 Å². The number of nitrogens with two attached hydrogens (primary N) is 1. The molecule has 1 amide bonds. The fraction of sp³-hybridized carbons (Fsp3) is 0.278. The number of hydrogen-bond acceptors (Lipinski definition) is 3. The summed E-state index contributed by atoms with van der Waals surface area (Å²) in [7, 11) is 0. The second-order valence-corrected chi connectivity index (χ2v) is 5.52. The SMILES string of the molecule is CC(CNC(=O)C(C)(N)c1ccccc1)Oc1ccccc1. The van der Waals surface area contributed by atoms with Crippen molar-refractivity contribution in [3.63, 3.8) is 0 Å². The van der Waals surface area contributed by atoms with E-state index >= 15 is 0 Å². The van der Waals surface area contributed by atoms with Crippen molar-refractivity contribution in [1.29, 1.82) is 0 Å². The predicted octanol–water partition coefficient (Wildman–Crippen LogP) is 2.44. The molecular formula is C18H22N2O2. The zero-order valence-electron chi connectivity index (χ0n) is 13.0. The van der Waals surface area contributed by atoms with Crippen molar-refractivity contribution in [2.24, 2.45) is 5.73 Å². The van der Waals surface area contributed by atoms with Gasteiger partial charge in [0.05, 0.1) is 6.54 Å². The number of amides is 1. The third kappa shape index (κ3) is 4.09. The summed E-state index contributed by atoms with van der Waals surface area (Å²) >= 11 is 0. The van der Waals surface area contributed by atoms with Crippen LogP contribution < -0.4 is 15.8 Å². The summed E-state index contributed by atoms with van der Waals surface area (Å²) in [5.74, 6) is 0.560. The Morgan fingerprint density at radius 3 is 2.27 bits per heavy atom. The molecule has 0 spiro atoms. The molecule has 0 radical (unpaired) electrons. The largest absolute Gasteiger partial charge is 0.489 e. The smallest absolute Gasteiger partial charge is 0.244 e. The van der Waals surface area contributed by atoms with E-state index in [4.69, 9.17) is 10.5 Å². The van der Waals surface area contributed by atoms with Crippen LogP contribution in [0, 0.1) is 0 Å². The van der Waals surface area contributed by atoms with Gasteiger partial charge >= 0.3 is 0 Å². The van der Waals surface area contributed by atoms with Gasteiger partial charge in [-0.05, 0) is 31.5 Å². The van der Waals surface area contributed by atoms with E-state index in [0.717, 1.165) is 11.3 Å². The standard InChI is InChI=1S/C18H22N2O2/c1-14(22-16-11-7-4-8-12-16)13-20-17(21)18(2,19)15-9-5-3-6-10-15/h3-12,14H,13,19H2,1-2H3,(H,20,21). The van der Waals surface area contributed by atoms with Crippen LogP contribution in [0.3, 0.4) is 0 Å². The van der Waals surface area contributed by atoms with Crippen LogP contribution in [0.15, 0.2) is 60.7 Å². The minimum atomic E-state index is -1.06. The van der Waals surface area contributed by atoms with Crippen LogP contribution in [-0.4, -0.2) is 18.6 Å². The highest BCUT2D eigenvalue weighted by atomic mass is 16.5. The van der Waals surface area contributed by atoms with Gasteiger partial charge in [-0.15, -0.1) is 0 Å². The van der Waals surface area contributed by atoms with Crippen LogP contribution in [0.5, 0.6) is 5.75 Å². The average molecular weight is 298 g/mol. The Labute approximate surface area is 131 Å². The van der Waals surface area contributed by atoms with Gasteiger partial charge in [0.2, 0.25) is 5.91 Å². The Kier molecular flexibility index (Phi) is 5.17. The molecule has 2 atom stereocenters. The highest BCUT2D eigenvalue weighted by molar-refractivity contribution is 5.86. The molecule has 0 aromatic heterocycles. The summed E-state index contributed by atoms with van der Waals surface area (Å²) in [6, 6.07) is 18.9. The minimum Gasteiger partial charge on any atom is -0.489 e. The maximum Gasteiger partial charge on any atom is 0.244 e.